The van der Waals surface area contributed by atoms with Gasteiger partial charge in [-0.2, -0.15) is 0 Å². The van der Waals surface area contributed by atoms with E-state index in [1.54, 1.807) is 7.11 Å². The first kappa shape index (κ1) is 8.14. The van der Waals surface area contributed by atoms with Gasteiger partial charge in [0.05, 0.1) is 0 Å². The van der Waals surface area contributed by atoms with Crippen LogP contribution in [0.5, 0.6) is 0 Å². The molecule has 0 atom stereocenters. The van der Waals surface area contributed by atoms with Crippen molar-refractivity contribution in [3.8, 4) is 0 Å². The highest BCUT2D eigenvalue weighted by molar-refractivity contribution is 6.69. The Kier molecular flexibility index (Phi) is 3.27. The van der Waals surface area contributed by atoms with Gasteiger partial charge >= 0.3 is 0 Å². The standard InChI is InChI=1S/C5H14O2Si/c1-7-4-5-8(2,3)6/h6H,4-5H2,1-3H3. The Labute approximate surface area is 51.6 Å². The second-order valence-corrected chi connectivity index (χ2v) is 6.68. The van der Waals surface area contributed by atoms with Crippen molar-refractivity contribution in [2.24, 2.45) is 0 Å². The smallest absolute Gasteiger partial charge is 0.184 e. The van der Waals surface area contributed by atoms with Gasteiger partial charge in [0.2, 0.25) is 0 Å². The summed E-state index contributed by atoms with van der Waals surface area (Å²) in [6.45, 7) is 4.51. The summed E-state index contributed by atoms with van der Waals surface area (Å²) < 4.78 is 4.79. The Hall–Kier alpha value is 0.137. The molecule has 0 fully saturated rings. The number of hydrogen-bond acceptors (Lipinski definition) is 2. The first-order valence-corrected chi connectivity index (χ1v) is 5.93. The summed E-state index contributed by atoms with van der Waals surface area (Å²) in [4.78, 5) is 9.21. The topological polar surface area (TPSA) is 29.5 Å². The molecule has 0 aliphatic heterocycles. The molecule has 0 aromatic carbocycles. The minimum Gasteiger partial charge on any atom is -0.432 e. The van der Waals surface area contributed by atoms with Crippen LogP contribution in [0.25, 0.3) is 0 Å². The van der Waals surface area contributed by atoms with Crippen LogP contribution in [-0.2, 0) is 4.74 Å². The van der Waals surface area contributed by atoms with Crippen LogP contribution in [0.2, 0.25) is 19.1 Å². The zero-order valence-corrected chi connectivity index (χ0v) is 6.77. The van der Waals surface area contributed by atoms with Crippen LogP contribution >= 0.6 is 0 Å². The average molecular weight is 134 g/mol. The molecule has 8 heavy (non-hydrogen) atoms. The number of rotatable bonds is 3. The van der Waals surface area contributed by atoms with E-state index in [0.29, 0.717) is 6.61 Å². The molecule has 2 nitrogen and oxygen atoms in total. The third-order valence-electron chi connectivity index (χ3n) is 0.918. The molecule has 0 aromatic rings. The Morgan fingerprint density at radius 1 is 1.50 bits per heavy atom. The second-order valence-electron chi connectivity index (χ2n) is 2.56. The molecule has 0 bridgehead atoms. The zero-order chi connectivity index (χ0) is 6.62. The molecule has 0 radical (unpaired) electrons. The van der Waals surface area contributed by atoms with Gasteiger partial charge in [-0.25, -0.2) is 0 Å². The monoisotopic (exact) mass is 134 g/mol. The Morgan fingerprint density at radius 3 is 2.12 bits per heavy atom. The fraction of sp³-hybridized carbons (Fsp3) is 1.00. The van der Waals surface area contributed by atoms with E-state index in [2.05, 4.69) is 0 Å². The summed E-state index contributed by atoms with van der Waals surface area (Å²) in [5.74, 6) is 0. The molecule has 0 saturated carbocycles. The quantitative estimate of drug-likeness (QED) is 0.579. The van der Waals surface area contributed by atoms with E-state index < -0.39 is 8.32 Å². The van der Waals surface area contributed by atoms with Gasteiger partial charge in [-0.05, 0) is 19.1 Å². The van der Waals surface area contributed by atoms with Crippen LogP contribution in [-0.4, -0.2) is 26.8 Å². The zero-order valence-electron chi connectivity index (χ0n) is 5.77. The van der Waals surface area contributed by atoms with Gasteiger partial charge in [0.25, 0.3) is 0 Å². The van der Waals surface area contributed by atoms with E-state index in [0.717, 1.165) is 6.04 Å². The van der Waals surface area contributed by atoms with Gasteiger partial charge in [0, 0.05) is 13.7 Å². The molecular formula is C5H14O2Si. The fourth-order valence-electron chi connectivity index (χ4n) is 0.352. The molecule has 0 spiro atoms. The van der Waals surface area contributed by atoms with Crippen molar-refractivity contribution in [2.45, 2.75) is 19.1 Å². The summed E-state index contributed by atoms with van der Waals surface area (Å²) >= 11 is 0. The van der Waals surface area contributed by atoms with Gasteiger partial charge in [-0.15, -0.1) is 0 Å². The Bertz CT molecular complexity index is 57.9. The van der Waals surface area contributed by atoms with Crippen molar-refractivity contribution in [3.05, 3.63) is 0 Å². The van der Waals surface area contributed by atoms with Gasteiger partial charge in [-0.1, -0.05) is 0 Å². The maximum atomic E-state index is 9.21. The van der Waals surface area contributed by atoms with Crippen molar-refractivity contribution in [2.75, 3.05) is 13.7 Å². The third-order valence-corrected chi connectivity index (χ3v) is 2.35. The van der Waals surface area contributed by atoms with Crippen molar-refractivity contribution in [1.82, 2.24) is 0 Å². The van der Waals surface area contributed by atoms with Crippen LogP contribution in [0.3, 0.4) is 0 Å². The van der Waals surface area contributed by atoms with Crippen molar-refractivity contribution < 1.29 is 9.53 Å². The lowest BCUT2D eigenvalue weighted by atomic mass is 10.9. The number of ether oxygens (including phenoxy) is 1. The molecule has 0 aromatic heterocycles. The van der Waals surface area contributed by atoms with E-state index in [1.165, 1.54) is 0 Å². The highest BCUT2D eigenvalue weighted by atomic mass is 28.4. The van der Waals surface area contributed by atoms with E-state index in [1.807, 2.05) is 13.1 Å². The van der Waals surface area contributed by atoms with E-state index in [4.69, 9.17) is 4.74 Å². The van der Waals surface area contributed by atoms with E-state index >= 15 is 0 Å². The summed E-state index contributed by atoms with van der Waals surface area (Å²) in [7, 11) is -0.150. The van der Waals surface area contributed by atoms with E-state index in [9.17, 15) is 4.80 Å². The second kappa shape index (κ2) is 3.22. The SMILES string of the molecule is COCC[Si](C)(C)O. The lowest BCUT2D eigenvalue weighted by molar-refractivity contribution is 0.211. The average Bonchev–Trinajstić information content (AvgIpc) is 1.59. The Balaban J connectivity index is 3.11. The van der Waals surface area contributed by atoms with Crippen LogP contribution in [0, 0.1) is 0 Å². The van der Waals surface area contributed by atoms with E-state index in [-0.39, 0.29) is 0 Å². The summed E-state index contributed by atoms with van der Waals surface area (Å²) in [5, 5.41) is 0. The first-order valence-electron chi connectivity index (χ1n) is 2.77. The van der Waals surface area contributed by atoms with Gasteiger partial charge in [-0.3, -0.25) is 0 Å². The first-order chi connectivity index (χ1) is 3.56. The van der Waals surface area contributed by atoms with Gasteiger partial charge in [0.15, 0.2) is 8.32 Å². The number of hydrogen-bond donors (Lipinski definition) is 1. The minimum absolute atomic E-state index is 0.690. The maximum absolute atomic E-state index is 9.21. The molecule has 0 saturated heterocycles. The molecule has 0 aliphatic rings. The molecule has 0 aliphatic carbocycles. The van der Waals surface area contributed by atoms with Crippen molar-refractivity contribution >= 4 is 8.32 Å². The molecule has 1 N–H and O–H groups in total. The lowest BCUT2D eigenvalue weighted by Crippen LogP contribution is -2.26. The van der Waals surface area contributed by atoms with Crippen LogP contribution < -0.4 is 0 Å². The Morgan fingerprint density at radius 2 is 2.00 bits per heavy atom. The summed E-state index contributed by atoms with van der Waals surface area (Å²) in [6.07, 6.45) is 0. The van der Waals surface area contributed by atoms with Gasteiger partial charge in [0.1, 0.15) is 0 Å². The molecule has 3 heteroatoms. The maximum Gasteiger partial charge on any atom is 0.184 e. The molecule has 0 unspecified atom stereocenters. The van der Waals surface area contributed by atoms with Crippen molar-refractivity contribution in [1.29, 1.82) is 0 Å². The minimum atomic E-state index is -1.80. The predicted molar refractivity (Wildman–Crippen MR) is 36.4 cm³/mol. The van der Waals surface area contributed by atoms with Crippen LogP contribution in [0.15, 0.2) is 0 Å². The molecule has 0 rings (SSSR count). The summed E-state index contributed by atoms with van der Waals surface area (Å²) in [6, 6.07) is 0.837. The molecule has 0 heterocycles. The van der Waals surface area contributed by atoms with Gasteiger partial charge < -0.3 is 9.53 Å². The molecule has 0 amide bonds. The molecular weight excluding hydrogens is 120 g/mol. The lowest BCUT2D eigenvalue weighted by Gasteiger charge is -2.11. The predicted octanol–water partition coefficient (Wildman–Crippen LogP) is 0.830. The molecule has 50 valence electrons. The highest BCUT2D eigenvalue weighted by Crippen LogP contribution is 2.02. The largest absolute Gasteiger partial charge is 0.432 e. The summed E-state index contributed by atoms with van der Waals surface area (Å²) in [5.41, 5.74) is 0. The van der Waals surface area contributed by atoms with Crippen LogP contribution in [0.1, 0.15) is 0 Å². The normalized spacial score (nSPS) is 12.0. The van der Waals surface area contributed by atoms with Crippen LogP contribution in [0.4, 0.5) is 0 Å². The number of methoxy groups -OCH3 is 1. The van der Waals surface area contributed by atoms with Crippen molar-refractivity contribution in [3.63, 3.8) is 0 Å². The highest BCUT2D eigenvalue weighted by Gasteiger charge is 2.14. The third kappa shape index (κ3) is 6.14. The fourth-order valence-corrected chi connectivity index (χ4v) is 1.06.